The highest BCUT2D eigenvalue weighted by molar-refractivity contribution is 5.92. The van der Waals surface area contributed by atoms with E-state index in [-0.39, 0.29) is 5.92 Å². The van der Waals surface area contributed by atoms with Crippen molar-refractivity contribution < 1.29 is 13.7 Å². The first-order chi connectivity index (χ1) is 11.0. The first kappa shape index (κ1) is 16.1. The van der Waals surface area contributed by atoms with Crippen LogP contribution in [0.1, 0.15) is 37.9 Å². The number of amides is 1. The summed E-state index contributed by atoms with van der Waals surface area (Å²) in [7, 11) is 0. The number of hydrogen-bond acceptors (Lipinski definition) is 5. The molecule has 1 saturated heterocycles. The summed E-state index contributed by atoms with van der Waals surface area (Å²) in [6, 6.07) is 0. The zero-order valence-electron chi connectivity index (χ0n) is 13.7. The molecule has 1 aliphatic heterocycles. The molecular formula is C16H23FN4O2. The maximum absolute atomic E-state index is 14.3. The summed E-state index contributed by atoms with van der Waals surface area (Å²) in [4.78, 5) is 20.3. The first-order valence-electron chi connectivity index (χ1n) is 8.21. The Morgan fingerprint density at radius 3 is 2.74 bits per heavy atom. The molecule has 0 radical (unpaired) electrons. The van der Waals surface area contributed by atoms with Crippen molar-refractivity contribution >= 4 is 5.91 Å². The van der Waals surface area contributed by atoms with E-state index in [9.17, 15) is 9.18 Å². The summed E-state index contributed by atoms with van der Waals surface area (Å²) in [5.41, 5.74) is 0.623. The summed E-state index contributed by atoms with van der Waals surface area (Å²) >= 11 is 0. The van der Waals surface area contributed by atoms with Crippen molar-refractivity contribution in [3.05, 3.63) is 23.1 Å². The summed E-state index contributed by atoms with van der Waals surface area (Å²) < 4.78 is 19.3. The Morgan fingerprint density at radius 1 is 1.30 bits per heavy atom. The van der Waals surface area contributed by atoms with Gasteiger partial charge in [-0.25, -0.2) is 4.39 Å². The number of carbonyl (C=O) groups excluding carboxylic acids is 1. The van der Waals surface area contributed by atoms with Gasteiger partial charge in [0.15, 0.2) is 11.7 Å². The second kappa shape index (κ2) is 6.78. The van der Waals surface area contributed by atoms with Gasteiger partial charge in [0, 0.05) is 33.1 Å². The zero-order valence-corrected chi connectivity index (χ0v) is 13.7. The molecule has 7 heteroatoms. The molecule has 2 heterocycles. The normalized spacial score (nSPS) is 21.1. The molecule has 2 fully saturated rings. The molecule has 3 rings (SSSR count). The maximum Gasteiger partial charge on any atom is 0.282 e. The fourth-order valence-corrected chi connectivity index (χ4v) is 2.94. The molecule has 2 aliphatic rings. The Balaban J connectivity index is 1.57. The van der Waals surface area contributed by atoms with Crippen molar-refractivity contribution in [2.45, 2.75) is 39.7 Å². The fourth-order valence-electron chi connectivity index (χ4n) is 2.94. The second-order valence-corrected chi connectivity index (χ2v) is 6.42. The van der Waals surface area contributed by atoms with Gasteiger partial charge in [-0.3, -0.25) is 9.69 Å². The number of aryl methyl sites for hydroxylation is 1. The van der Waals surface area contributed by atoms with Crippen molar-refractivity contribution in [1.29, 1.82) is 0 Å². The largest absolute Gasteiger partial charge is 0.340 e. The number of halogens is 1. The van der Waals surface area contributed by atoms with Crippen LogP contribution in [0.5, 0.6) is 0 Å². The highest BCUT2D eigenvalue weighted by Gasteiger charge is 2.30. The molecule has 126 valence electrons. The number of nitrogens with zero attached hydrogens (tertiary/aromatic N) is 4. The van der Waals surface area contributed by atoms with E-state index in [1.807, 2.05) is 0 Å². The van der Waals surface area contributed by atoms with E-state index in [0.29, 0.717) is 43.5 Å². The molecule has 6 nitrogen and oxygen atoms in total. The molecule has 0 unspecified atom stereocenters. The van der Waals surface area contributed by atoms with Crippen LogP contribution in [0.2, 0.25) is 0 Å². The van der Waals surface area contributed by atoms with E-state index in [4.69, 9.17) is 4.52 Å². The molecule has 0 spiro atoms. The molecule has 1 aliphatic carbocycles. The molecule has 0 atom stereocenters. The van der Waals surface area contributed by atoms with Gasteiger partial charge in [0.2, 0.25) is 5.89 Å². The smallest absolute Gasteiger partial charge is 0.282 e. The predicted octanol–water partition coefficient (Wildman–Crippen LogP) is 2.07. The van der Waals surface area contributed by atoms with Crippen LogP contribution < -0.4 is 0 Å². The van der Waals surface area contributed by atoms with Gasteiger partial charge in [-0.15, -0.1) is 0 Å². The van der Waals surface area contributed by atoms with Gasteiger partial charge in [-0.05, 0) is 37.7 Å². The predicted molar refractivity (Wildman–Crippen MR) is 82.0 cm³/mol. The van der Waals surface area contributed by atoms with Crippen LogP contribution in [-0.4, -0.2) is 52.0 Å². The van der Waals surface area contributed by atoms with Crippen LogP contribution in [0.15, 0.2) is 15.9 Å². The minimum absolute atomic E-state index is 0.281. The number of hydrogen-bond donors (Lipinski definition) is 0. The minimum atomic E-state index is -0.547. The number of allylic oxidation sites excluding steroid dienone is 1. The Hall–Kier alpha value is -1.76. The SMILES string of the molecule is C/C(=C(/F)C(=O)N1CCCN(Cc2noc(C)n2)CC1)C1CC1. The maximum atomic E-state index is 14.3. The van der Waals surface area contributed by atoms with E-state index >= 15 is 0 Å². The minimum Gasteiger partial charge on any atom is -0.340 e. The van der Waals surface area contributed by atoms with Crippen molar-refractivity contribution in [3.8, 4) is 0 Å². The van der Waals surface area contributed by atoms with Gasteiger partial charge in [0.25, 0.3) is 5.91 Å². The first-order valence-corrected chi connectivity index (χ1v) is 8.21. The quantitative estimate of drug-likeness (QED) is 0.794. The zero-order chi connectivity index (χ0) is 16.4. The van der Waals surface area contributed by atoms with Crippen LogP contribution in [-0.2, 0) is 11.3 Å². The number of carbonyl (C=O) groups is 1. The fraction of sp³-hybridized carbons (Fsp3) is 0.688. The van der Waals surface area contributed by atoms with E-state index < -0.39 is 11.7 Å². The van der Waals surface area contributed by atoms with Crippen molar-refractivity contribution in [2.24, 2.45) is 5.92 Å². The summed E-state index contributed by atoms with van der Waals surface area (Å²) in [6.45, 7) is 6.75. The van der Waals surface area contributed by atoms with Gasteiger partial charge in [-0.2, -0.15) is 4.98 Å². The van der Waals surface area contributed by atoms with E-state index in [2.05, 4.69) is 15.0 Å². The van der Waals surface area contributed by atoms with Crippen LogP contribution in [0.25, 0.3) is 0 Å². The lowest BCUT2D eigenvalue weighted by molar-refractivity contribution is -0.128. The van der Waals surface area contributed by atoms with Gasteiger partial charge in [0.05, 0.1) is 6.54 Å². The highest BCUT2D eigenvalue weighted by Crippen LogP contribution is 2.38. The lowest BCUT2D eigenvalue weighted by atomic mass is 10.1. The molecule has 23 heavy (non-hydrogen) atoms. The average Bonchev–Trinajstić information content (AvgIpc) is 3.33. The molecular weight excluding hydrogens is 299 g/mol. The lowest BCUT2D eigenvalue weighted by Gasteiger charge is -2.21. The summed E-state index contributed by atoms with van der Waals surface area (Å²) in [5.74, 6) is 0.484. The molecule has 1 aromatic heterocycles. The second-order valence-electron chi connectivity index (χ2n) is 6.42. The third-order valence-electron chi connectivity index (χ3n) is 4.53. The average molecular weight is 322 g/mol. The Bertz CT molecular complexity index is 609. The third kappa shape index (κ3) is 3.96. The van der Waals surface area contributed by atoms with Crippen molar-refractivity contribution in [1.82, 2.24) is 19.9 Å². The van der Waals surface area contributed by atoms with Crippen LogP contribution >= 0.6 is 0 Å². The molecule has 1 saturated carbocycles. The van der Waals surface area contributed by atoms with Crippen molar-refractivity contribution in [2.75, 3.05) is 26.2 Å². The molecule has 1 amide bonds. The lowest BCUT2D eigenvalue weighted by Crippen LogP contribution is -2.35. The van der Waals surface area contributed by atoms with Gasteiger partial charge < -0.3 is 9.42 Å². The Labute approximate surface area is 135 Å². The molecule has 0 N–H and O–H groups in total. The van der Waals surface area contributed by atoms with Crippen molar-refractivity contribution in [3.63, 3.8) is 0 Å². The van der Waals surface area contributed by atoms with E-state index in [1.54, 1.807) is 18.7 Å². The number of aromatic nitrogens is 2. The van der Waals surface area contributed by atoms with Gasteiger partial charge in [-0.1, -0.05) is 5.16 Å². The summed E-state index contributed by atoms with van der Waals surface area (Å²) in [6.07, 6.45) is 2.83. The van der Waals surface area contributed by atoms with Gasteiger partial charge >= 0.3 is 0 Å². The molecule has 0 aromatic carbocycles. The molecule has 0 bridgehead atoms. The van der Waals surface area contributed by atoms with E-state index in [0.717, 1.165) is 25.8 Å². The van der Waals surface area contributed by atoms with Crippen LogP contribution in [0, 0.1) is 12.8 Å². The Morgan fingerprint density at radius 2 is 2.09 bits per heavy atom. The topological polar surface area (TPSA) is 62.5 Å². The summed E-state index contributed by atoms with van der Waals surface area (Å²) in [5, 5.41) is 3.90. The Kier molecular flexibility index (Phi) is 4.75. The van der Waals surface area contributed by atoms with E-state index in [1.165, 1.54) is 0 Å². The van der Waals surface area contributed by atoms with Gasteiger partial charge in [0.1, 0.15) is 0 Å². The monoisotopic (exact) mass is 322 g/mol. The van der Waals surface area contributed by atoms with Crippen LogP contribution in [0.3, 0.4) is 0 Å². The number of rotatable bonds is 4. The standard InChI is InChI=1S/C16H23FN4O2/c1-11(13-4-5-13)15(17)16(22)21-7-3-6-20(8-9-21)10-14-18-12(2)23-19-14/h13H,3-10H2,1-2H3/b15-11-. The van der Waals surface area contributed by atoms with Crippen LogP contribution in [0.4, 0.5) is 4.39 Å². The molecule has 1 aromatic rings. The third-order valence-corrected chi connectivity index (χ3v) is 4.53. The highest BCUT2D eigenvalue weighted by atomic mass is 19.1.